The van der Waals surface area contributed by atoms with Crippen LogP contribution in [0.4, 0.5) is 8.78 Å². The average Bonchev–Trinajstić information content (AvgIpc) is 2.71. The van der Waals surface area contributed by atoms with Gasteiger partial charge in [0, 0.05) is 33.7 Å². The van der Waals surface area contributed by atoms with E-state index < -0.39 is 16.6 Å². The maximum absolute atomic E-state index is 12.2. The van der Waals surface area contributed by atoms with Gasteiger partial charge in [-0.2, -0.15) is 8.78 Å². The number of aliphatic imine (C=N–C) groups is 1. The number of ether oxygens (including phenoxy) is 1. The molecule has 0 aliphatic rings. The van der Waals surface area contributed by atoms with Gasteiger partial charge in [-0.1, -0.05) is 42.5 Å². The SMILES string of the molecule is CN=C(NCCS(=O)(=O)NCc1ccccc1)N(C)Cc1ccc(OC(F)F)cc1. The lowest BCUT2D eigenvalue weighted by Crippen LogP contribution is -2.41. The van der Waals surface area contributed by atoms with E-state index in [1.54, 1.807) is 31.1 Å². The van der Waals surface area contributed by atoms with Crippen LogP contribution in [-0.4, -0.2) is 52.3 Å². The summed E-state index contributed by atoms with van der Waals surface area (Å²) in [6, 6.07) is 15.6. The van der Waals surface area contributed by atoms with Crippen LogP contribution in [0.5, 0.6) is 5.75 Å². The lowest BCUT2D eigenvalue weighted by Gasteiger charge is -2.22. The first-order valence-corrected chi connectivity index (χ1v) is 10.9. The van der Waals surface area contributed by atoms with Crippen LogP contribution < -0.4 is 14.8 Å². The van der Waals surface area contributed by atoms with E-state index in [9.17, 15) is 17.2 Å². The summed E-state index contributed by atoms with van der Waals surface area (Å²) in [5.41, 5.74) is 1.74. The van der Waals surface area contributed by atoms with Crippen LogP contribution in [0.1, 0.15) is 11.1 Å². The second-order valence-corrected chi connectivity index (χ2v) is 8.40. The largest absolute Gasteiger partial charge is 0.435 e. The number of alkyl halides is 2. The second kappa shape index (κ2) is 11.5. The molecule has 0 heterocycles. The van der Waals surface area contributed by atoms with Gasteiger partial charge in [-0.3, -0.25) is 4.99 Å². The van der Waals surface area contributed by atoms with Crippen molar-refractivity contribution < 1.29 is 21.9 Å². The van der Waals surface area contributed by atoms with Crippen molar-refractivity contribution in [1.82, 2.24) is 14.9 Å². The third kappa shape index (κ3) is 8.34. The highest BCUT2D eigenvalue weighted by Crippen LogP contribution is 2.15. The first kappa shape index (κ1) is 23.6. The van der Waals surface area contributed by atoms with E-state index in [0.717, 1.165) is 11.1 Å². The maximum atomic E-state index is 12.2. The standard InChI is InChI=1S/C20H26F2N4O3S/c1-23-20(26(2)15-17-8-10-18(11-9-17)29-19(21)22)24-12-13-30(27,28)25-14-16-6-4-3-5-7-16/h3-11,19,25H,12-15H2,1-2H3,(H,23,24). The van der Waals surface area contributed by atoms with Gasteiger partial charge in [0.2, 0.25) is 10.0 Å². The van der Waals surface area contributed by atoms with E-state index in [0.29, 0.717) is 12.5 Å². The number of sulfonamides is 1. The molecule has 30 heavy (non-hydrogen) atoms. The number of nitrogens with one attached hydrogen (secondary N) is 2. The zero-order valence-electron chi connectivity index (χ0n) is 16.9. The van der Waals surface area contributed by atoms with Crippen molar-refractivity contribution in [2.75, 3.05) is 26.4 Å². The molecule has 2 aromatic rings. The van der Waals surface area contributed by atoms with E-state index in [2.05, 4.69) is 19.8 Å². The van der Waals surface area contributed by atoms with Crippen molar-refractivity contribution in [2.24, 2.45) is 4.99 Å². The Morgan fingerprint density at radius 1 is 1.10 bits per heavy atom. The predicted molar refractivity (Wildman–Crippen MR) is 113 cm³/mol. The zero-order valence-corrected chi connectivity index (χ0v) is 17.7. The van der Waals surface area contributed by atoms with Gasteiger partial charge >= 0.3 is 6.61 Å². The Balaban J connectivity index is 1.80. The molecule has 2 rings (SSSR count). The van der Waals surface area contributed by atoms with Crippen LogP contribution in [0.2, 0.25) is 0 Å². The molecule has 0 aliphatic heterocycles. The lowest BCUT2D eigenvalue weighted by molar-refractivity contribution is -0.0498. The summed E-state index contributed by atoms with van der Waals surface area (Å²) >= 11 is 0. The molecule has 0 radical (unpaired) electrons. The molecule has 0 saturated heterocycles. The molecule has 0 saturated carbocycles. The molecule has 2 N–H and O–H groups in total. The van der Waals surface area contributed by atoms with Crippen molar-refractivity contribution in [3.05, 3.63) is 65.7 Å². The van der Waals surface area contributed by atoms with Gasteiger partial charge in [0.25, 0.3) is 0 Å². The predicted octanol–water partition coefficient (Wildman–Crippen LogP) is 2.41. The molecule has 10 heteroatoms. The number of halogens is 2. The number of benzene rings is 2. The van der Waals surface area contributed by atoms with Gasteiger partial charge in [0.1, 0.15) is 5.75 Å². The Kier molecular flexibility index (Phi) is 9.00. The average molecular weight is 441 g/mol. The highest BCUT2D eigenvalue weighted by Gasteiger charge is 2.12. The Morgan fingerprint density at radius 3 is 2.37 bits per heavy atom. The van der Waals surface area contributed by atoms with Gasteiger partial charge in [0.05, 0.1) is 5.75 Å². The van der Waals surface area contributed by atoms with E-state index in [4.69, 9.17) is 0 Å². The van der Waals surface area contributed by atoms with Gasteiger partial charge in [-0.15, -0.1) is 0 Å². The normalized spacial score (nSPS) is 12.1. The third-order valence-corrected chi connectivity index (χ3v) is 5.46. The van der Waals surface area contributed by atoms with Crippen LogP contribution in [-0.2, 0) is 23.1 Å². The Labute approximate surface area is 175 Å². The molecule has 0 bridgehead atoms. The van der Waals surface area contributed by atoms with Crippen LogP contribution in [0.25, 0.3) is 0 Å². The Bertz CT molecular complexity index is 907. The molecule has 7 nitrogen and oxygen atoms in total. The van der Waals surface area contributed by atoms with Crippen LogP contribution in [0, 0.1) is 0 Å². The number of guanidine groups is 1. The first-order valence-electron chi connectivity index (χ1n) is 9.26. The van der Waals surface area contributed by atoms with Gasteiger partial charge in [-0.25, -0.2) is 13.1 Å². The molecular formula is C20H26F2N4O3S. The van der Waals surface area contributed by atoms with Crippen molar-refractivity contribution in [3.63, 3.8) is 0 Å². The summed E-state index contributed by atoms with van der Waals surface area (Å²) in [6.45, 7) is -1.99. The molecule has 2 aromatic carbocycles. The van der Waals surface area contributed by atoms with Crippen LogP contribution in [0.3, 0.4) is 0 Å². The summed E-state index contributed by atoms with van der Waals surface area (Å²) in [5.74, 6) is 0.500. The molecule has 0 aliphatic carbocycles. The van der Waals surface area contributed by atoms with Crippen molar-refractivity contribution in [2.45, 2.75) is 19.7 Å². The molecule has 0 unspecified atom stereocenters. The quantitative estimate of drug-likeness (QED) is 0.438. The topological polar surface area (TPSA) is 83.0 Å². The maximum Gasteiger partial charge on any atom is 0.387 e. The fourth-order valence-electron chi connectivity index (χ4n) is 2.67. The number of hydrogen-bond acceptors (Lipinski definition) is 4. The zero-order chi connectivity index (χ0) is 22.0. The first-order chi connectivity index (χ1) is 14.3. The van der Waals surface area contributed by atoms with Crippen LogP contribution >= 0.6 is 0 Å². The molecule has 0 atom stereocenters. The summed E-state index contributed by atoms with van der Waals surface area (Å²) in [6.07, 6.45) is 0. The Hall–Kier alpha value is -2.72. The highest BCUT2D eigenvalue weighted by molar-refractivity contribution is 7.89. The van der Waals surface area contributed by atoms with E-state index in [1.807, 2.05) is 30.3 Å². The number of nitrogens with zero attached hydrogens (tertiary/aromatic N) is 2. The lowest BCUT2D eigenvalue weighted by atomic mass is 10.2. The fourth-order valence-corrected chi connectivity index (χ4v) is 3.57. The van der Waals surface area contributed by atoms with Crippen molar-refractivity contribution in [1.29, 1.82) is 0 Å². The highest BCUT2D eigenvalue weighted by atomic mass is 32.2. The summed E-state index contributed by atoms with van der Waals surface area (Å²) in [5, 5.41) is 3.01. The molecule has 0 aromatic heterocycles. The Morgan fingerprint density at radius 2 is 1.77 bits per heavy atom. The molecule has 164 valence electrons. The number of hydrogen-bond donors (Lipinski definition) is 2. The number of rotatable bonds is 10. The molecular weight excluding hydrogens is 414 g/mol. The van der Waals surface area contributed by atoms with E-state index in [-0.39, 0.29) is 24.6 Å². The minimum Gasteiger partial charge on any atom is -0.435 e. The summed E-state index contributed by atoms with van der Waals surface area (Å²) in [4.78, 5) is 5.95. The van der Waals surface area contributed by atoms with Crippen molar-refractivity contribution >= 4 is 16.0 Å². The summed E-state index contributed by atoms with van der Waals surface area (Å²) in [7, 11) is -0.0537. The smallest absolute Gasteiger partial charge is 0.387 e. The van der Waals surface area contributed by atoms with Gasteiger partial charge in [-0.05, 0) is 23.3 Å². The fraction of sp³-hybridized carbons (Fsp3) is 0.350. The van der Waals surface area contributed by atoms with Gasteiger partial charge < -0.3 is 15.0 Å². The second-order valence-electron chi connectivity index (χ2n) is 6.48. The summed E-state index contributed by atoms with van der Waals surface area (Å²) < 4.78 is 55.7. The van der Waals surface area contributed by atoms with E-state index in [1.165, 1.54) is 12.1 Å². The third-order valence-electron chi connectivity index (χ3n) is 4.13. The molecule has 0 fully saturated rings. The van der Waals surface area contributed by atoms with Crippen molar-refractivity contribution in [3.8, 4) is 5.75 Å². The minimum absolute atomic E-state index is 0.0899. The van der Waals surface area contributed by atoms with E-state index >= 15 is 0 Å². The molecule has 0 amide bonds. The molecule has 0 spiro atoms. The minimum atomic E-state index is -3.44. The van der Waals surface area contributed by atoms with Crippen LogP contribution in [0.15, 0.2) is 59.6 Å². The van der Waals surface area contributed by atoms with Gasteiger partial charge in [0.15, 0.2) is 5.96 Å². The monoisotopic (exact) mass is 440 g/mol.